The van der Waals surface area contributed by atoms with Crippen molar-refractivity contribution < 1.29 is 13.9 Å². The molecule has 3 nitrogen and oxygen atoms in total. The van der Waals surface area contributed by atoms with Crippen LogP contribution < -0.4 is 0 Å². The van der Waals surface area contributed by atoms with Gasteiger partial charge in [0.1, 0.15) is 5.76 Å². The van der Waals surface area contributed by atoms with Gasteiger partial charge in [-0.05, 0) is 57.8 Å². The van der Waals surface area contributed by atoms with E-state index in [1.807, 2.05) is 0 Å². The molecule has 0 spiro atoms. The molecule has 0 aliphatic carbocycles. The van der Waals surface area contributed by atoms with Gasteiger partial charge in [0.2, 0.25) is 0 Å². The molecule has 0 N–H and O–H groups in total. The van der Waals surface area contributed by atoms with Gasteiger partial charge in [-0.25, -0.2) is 4.79 Å². The highest BCUT2D eigenvalue weighted by molar-refractivity contribution is 9.13. The molecule has 0 amide bonds. The van der Waals surface area contributed by atoms with E-state index in [0.717, 1.165) is 4.47 Å². The maximum Gasteiger partial charge on any atom is 0.333 e. The first-order chi connectivity index (χ1) is 7.04. The average molecular weight is 338 g/mol. The summed E-state index contributed by atoms with van der Waals surface area (Å²) in [6.07, 6.45) is 1.63. The molecule has 1 rings (SSSR count). The standard InChI is InChI=1S/C10H10Br2O3/c1-3-14-10(13)6(2)4-7-5-8(11)9(12)15-7/h4-5H,3H2,1-2H3. The largest absolute Gasteiger partial charge is 0.463 e. The normalized spacial score (nSPS) is 11.6. The molecule has 0 saturated carbocycles. The molecule has 15 heavy (non-hydrogen) atoms. The predicted molar refractivity (Wildman–Crippen MR) is 64.4 cm³/mol. The van der Waals surface area contributed by atoms with Crippen molar-refractivity contribution in [2.75, 3.05) is 6.61 Å². The van der Waals surface area contributed by atoms with Crippen molar-refractivity contribution in [3.63, 3.8) is 0 Å². The summed E-state index contributed by atoms with van der Waals surface area (Å²) in [5.41, 5.74) is 0.505. The molecule has 82 valence electrons. The van der Waals surface area contributed by atoms with Gasteiger partial charge in [0.25, 0.3) is 0 Å². The molecule has 0 atom stereocenters. The number of rotatable bonds is 3. The number of furan rings is 1. The van der Waals surface area contributed by atoms with Crippen molar-refractivity contribution >= 4 is 43.9 Å². The molecule has 0 radical (unpaired) electrons. The van der Waals surface area contributed by atoms with E-state index in [4.69, 9.17) is 9.15 Å². The average Bonchev–Trinajstić information content (AvgIpc) is 2.46. The van der Waals surface area contributed by atoms with Crippen LogP contribution in [-0.4, -0.2) is 12.6 Å². The number of esters is 1. The second-order valence-corrected chi connectivity index (χ2v) is 4.39. The van der Waals surface area contributed by atoms with Crippen molar-refractivity contribution in [1.82, 2.24) is 0 Å². The molecule has 0 saturated heterocycles. The molecule has 1 aromatic heterocycles. The van der Waals surface area contributed by atoms with Crippen LogP contribution in [0.3, 0.4) is 0 Å². The molecule has 0 unspecified atom stereocenters. The molecule has 1 heterocycles. The number of halogens is 2. The number of ether oxygens (including phenoxy) is 1. The van der Waals surface area contributed by atoms with Crippen LogP contribution in [0.1, 0.15) is 19.6 Å². The summed E-state index contributed by atoms with van der Waals surface area (Å²) in [7, 11) is 0. The third-order valence-electron chi connectivity index (χ3n) is 1.62. The fraction of sp³-hybridized carbons (Fsp3) is 0.300. The Balaban J connectivity index is 2.82. The van der Waals surface area contributed by atoms with Gasteiger partial charge in [-0.2, -0.15) is 0 Å². The van der Waals surface area contributed by atoms with E-state index < -0.39 is 0 Å². The molecule has 5 heteroatoms. The summed E-state index contributed by atoms with van der Waals surface area (Å²) >= 11 is 6.50. The Morgan fingerprint density at radius 1 is 1.60 bits per heavy atom. The predicted octanol–water partition coefficient (Wildman–Crippen LogP) is 3.77. The maximum atomic E-state index is 11.3. The van der Waals surface area contributed by atoms with Crippen LogP contribution >= 0.6 is 31.9 Å². The van der Waals surface area contributed by atoms with E-state index in [1.54, 1.807) is 26.0 Å². The van der Waals surface area contributed by atoms with Gasteiger partial charge >= 0.3 is 5.97 Å². The van der Waals surface area contributed by atoms with Crippen LogP contribution in [0, 0.1) is 0 Å². The lowest BCUT2D eigenvalue weighted by Gasteiger charge is -1.99. The van der Waals surface area contributed by atoms with E-state index in [0.29, 0.717) is 22.6 Å². The first-order valence-electron chi connectivity index (χ1n) is 4.34. The Kier molecular flexibility index (Phi) is 4.60. The van der Waals surface area contributed by atoms with E-state index in [1.165, 1.54) is 0 Å². The van der Waals surface area contributed by atoms with Gasteiger partial charge in [0.05, 0.1) is 11.1 Å². The van der Waals surface area contributed by atoms with Crippen LogP contribution in [0.15, 0.2) is 25.2 Å². The molecular weight excluding hydrogens is 328 g/mol. The van der Waals surface area contributed by atoms with Gasteiger partial charge in [0.15, 0.2) is 4.67 Å². The Hall–Kier alpha value is -0.550. The van der Waals surface area contributed by atoms with Crippen LogP contribution in [0.2, 0.25) is 0 Å². The fourth-order valence-electron chi connectivity index (χ4n) is 0.952. The van der Waals surface area contributed by atoms with Crippen molar-refractivity contribution in [2.45, 2.75) is 13.8 Å². The van der Waals surface area contributed by atoms with Gasteiger partial charge in [-0.1, -0.05) is 0 Å². The fourth-order valence-corrected chi connectivity index (χ4v) is 1.56. The zero-order valence-corrected chi connectivity index (χ0v) is 11.5. The minimum atomic E-state index is -0.332. The number of hydrogen-bond acceptors (Lipinski definition) is 3. The minimum Gasteiger partial charge on any atom is -0.463 e. The number of hydrogen-bond donors (Lipinski definition) is 0. The van der Waals surface area contributed by atoms with Crippen molar-refractivity contribution in [2.24, 2.45) is 0 Å². The number of carbonyl (C=O) groups excluding carboxylic acids is 1. The van der Waals surface area contributed by atoms with Gasteiger partial charge < -0.3 is 9.15 Å². The maximum absolute atomic E-state index is 11.3. The van der Waals surface area contributed by atoms with Crippen LogP contribution in [0.5, 0.6) is 0 Å². The highest BCUT2D eigenvalue weighted by Crippen LogP contribution is 2.27. The van der Waals surface area contributed by atoms with Gasteiger partial charge in [0, 0.05) is 5.57 Å². The summed E-state index contributed by atoms with van der Waals surface area (Å²) in [5.74, 6) is 0.264. The Morgan fingerprint density at radius 2 is 2.27 bits per heavy atom. The molecule has 0 aliphatic heterocycles. The second kappa shape index (κ2) is 5.51. The zero-order valence-electron chi connectivity index (χ0n) is 8.34. The quantitative estimate of drug-likeness (QED) is 0.622. The summed E-state index contributed by atoms with van der Waals surface area (Å²) in [6, 6.07) is 1.77. The lowest BCUT2D eigenvalue weighted by Crippen LogP contribution is -2.04. The smallest absolute Gasteiger partial charge is 0.333 e. The molecule has 0 aromatic carbocycles. The SMILES string of the molecule is CCOC(=O)C(C)=Cc1cc(Br)c(Br)o1. The zero-order chi connectivity index (χ0) is 11.4. The summed E-state index contributed by atoms with van der Waals surface area (Å²) in [6.45, 7) is 3.82. The summed E-state index contributed by atoms with van der Waals surface area (Å²) < 4.78 is 11.6. The molecule has 0 bridgehead atoms. The van der Waals surface area contributed by atoms with E-state index in [-0.39, 0.29) is 5.97 Å². The van der Waals surface area contributed by atoms with E-state index >= 15 is 0 Å². The highest BCUT2D eigenvalue weighted by Gasteiger charge is 2.08. The van der Waals surface area contributed by atoms with Gasteiger partial charge in [-0.15, -0.1) is 0 Å². The number of carbonyl (C=O) groups is 1. The Bertz CT molecular complexity index is 374. The Labute approximate surface area is 105 Å². The van der Waals surface area contributed by atoms with Gasteiger partial charge in [-0.3, -0.25) is 0 Å². The molecular formula is C10H10Br2O3. The van der Waals surface area contributed by atoms with E-state index in [2.05, 4.69) is 31.9 Å². The van der Waals surface area contributed by atoms with Crippen LogP contribution in [0.25, 0.3) is 6.08 Å². The molecule has 0 fully saturated rings. The van der Waals surface area contributed by atoms with Crippen molar-refractivity contribution in [1.29, 1.82) is 0 Å². The summed E-state index contributed by atoms with van der Waals surface area (Å²) in [4.78, 5) is 11.3. The summed E-state index contributed by atoms with van der Waals surface area (Å²) in [5, 5.41) is 0. The molecule has 1 aromatic rings. The van der Waals surface area contributed by atoms with Crippen molar-refractivity contribution in [3.8, 4) is 0 Å². The highest BCUT2D eigenvalue weighted by atomic mass is 79.9. The third-order valence-corrected chi connectivity index (χ3v) is 3.33. The van der Waals surface area contributed by atoms with E-state index in [9.17, 15) is 4.79 Å². The Morgan fingerprint density at radius 3 is 2.73 bits per heavy atom. The van der Waals surface area contributed by atoms with Crippen LogP contribution in [0.4, 0.5) is 0 Å². The first-order valence-corrected chi connectivity index (χ1v) is 5.93. The minimum absolute atomic E-state index is 0.332. The lowest BCUT2D eigenvalue weighted by molar-refractivity contribution is -0.138. The second-order valence-electron chi connectivity index (χ2n) is 2.82. The molecule has 0 aliphatic rings. The lowest BCUT2D eigenvalue weighted by atomic mass is 10.2. The van der Waals surface area contributed by atoms with Crippen LogP contribution in [-0.2, 0) is 9.53 Å². The third kappa shape index (κ3) is 3.50. The van der Waals surface area contributed by atoms with Crippen molar-refractivity contribution in [3.05, 3.63) is 26.5 Å². The first kappa shape index (κ1) is 12.5. The topological polar surface area (TPSA) is 39.4 Å². The monoisotopic (exact) mass is 336 g/mol.